The van der Waals surface area contributed by atoms with E-state index in [0.717, 1.165) is 58.7 Å². The number of fused-ring (bicyclic) bond motifs is 4. The van der Waals surface area contributed by atoms with Crippen LogP contribution in [0, 0.1) is 5.82 Å². The summed E-state index contributed by atoms with van der Waals surface area (Å²) in [6, 6.07) is 24.5. The highest BCUT2D eigenvalue weighted by atomic mass is 19.1. The minimum Gasteiger partial charge on any atom is -0.462 e. The lowest BCUT2D eigenvalue weighted by molar-refractivity contribution is -0.150. The van der Waals surface area contributed by atoms with E-state index in [1.54, 1.807) is 12.1 Å². The first kappa shape index (κ1) is 28.5. The van der Waals surface area contributed by atoms with Gasteiger partial charge in [-0.15, -0.1) is 0 Å². The van der Waals surface area contributed by atoms with Crippen molar-refractivity contribution >= 4 is 50.4 Å². The van der Waals surface area contributed by atoms with E-state index in [0.29, 0.717) is 28.1 Å². The van der Waals surface area contributed by atoms with Gasteiger partial charge in [-0.1, -0.05) is 30.3 Å². The number of nitrogens with one attached hydrogen (secondary N) is 2. The van der Waals surface area contributed by atoms with Gasteiger partial charge in [0, 0.05) is 40.3 Å². The van der Waals surface area contributed by atoms with Crippen LogP contribution in [-0.2, 0) is 9.53 Å². The smallest absolute Gasteiger partial charge is 0.307 e. The number of carbonyl (C=O) groups excluding carboxylic acids is 2. The van der Waals surface area contributed by atoms with Crippen molar-refractivity contribution in [3.05, 3.63) is 90.2 Å². The SMILES string of the molecule is NCCC(=O)OC1CCC(Nc2cc(-n3c4ccccc4c4c(-c5nc6ccc(F)cc6[nH]5)cccc43)ccc2C(N)=O)CC1. The number of esters is 1. The minimum atomic E-state index is -0.515. The standard InChI is InChI=1S/C35H33FN6O3/c36-20-8-15-27-29(18-20)41-35(40-27)26-5-3-7-31-33(26)25-4-1-2-6-30(25)42(31)22-11-14-24(34(38)44)28(19-22)39-21-9-12-23(13-10-21)45-32(43)16-17-37/h1-8,11,14-15,18-19,21,23,39H,9-10,12-13,16-17,37H2,(H2,38,44)(H,40,41). The molecule has 6 aromatic rings. The summed E-state index contributed by atoms with van der Waals surface area (Å²) in [7, 11) is 0. The number of halogens is 1. The van der Waals surface area contributed by atoms with Gasteiger partial charge in [0.05, 0.1) is 34.1 Å². The number of nitrogens with zero attached hydrogens (tertiary/aromatic N) is 2. The molecule has 1 aliphatic carbocycles. The van der Waals surface area contributed by atoms with Crippen LogP contribution in [0.3, 0.4) is 0 Å². The number of rotatable bonds is 8. The first-order valence-corrected chi connectivity index (χ1v) is 15.2. The Morgan fingerprint density at radius 2 is 1.78 bits per heavy atom. The topological polar surface area (TPSA) is 141 Å². The van der Waals surface area contributed by atoms with Crippen LogP contribution in [0.15, 0.2) is 78.9 Å². The molecule has 7 rings (SSSR count). The summed E-state index contributed by atoms with van der Waals surface area (Å²) < 4.78 is 21.7. The highest BCUT2D eigenvalue weighted by Crippen LogP contribution is 2.39. The van der Waals surface area contributed by atoms with E-state index < -0.39 is 5.91 Å². The molecular formula is C35H33FN6O3. The van der Waals surface area contributed by atoms with E-state index in [2.05, 4.69) is 33.1 Å². The van der Waals surface area contributed by atoms with Gasteiger partial charge in [-0.05, 0) is 74.2 Å². The Balaban J connectivity index is 1.27. The largest absolute Gasteiger partial charge is 0.462 e. The number of aromatic amines is 1. The number of imidazole rings is 1. The highest BCUT2D eigenvalue weighted by Gasteiger charge is 2.25. The van der Waals surface area contributed by atoms with E-state index in [9.17, 15) is 14.0 Å². The lowest BCUT2D eigenvalue weighted by Gasteiger charge is -2.30. The predicted octanol–water partition coefficient (Wildman–Crippen LogP) is 6.18. The van der Waals surface area contributed by atoms with E-state index >= 15 is 0 Å². The average Bonchev–Trinajstić information content (AvgIpc) is 3.61. The quantitative estimate of drug-likeness (QED) is 0.153. The van der Waals surface area contributed by atoms with Crippen LogP contribution in [0.4, 0.5) is 10.1 Å². The second-order valence-electron chi connectivity index (χ2n) is 11.5. The van der Waals surface area contributed by atoms with Gasteiger partial charge in [-0.3, -0.25) is 9.59 Å². The van der Waals surface area contributed by atoms with Crippen LogP contribution >= 0.6 is 0 Å². The molecule has 1 fully saturated rings. The van der Waals surface area contributed by atoms with Gasteiger partial charge in [-0.2, -0.15) is 0 Å². The molecule has 2 aromatic heterocycles. The van der Waals surface area contributed by atoms with Gasteiger partial charge < -0.3 is 31.1 Å². The first-order chi connectivity index (χ1) is 21.9. The molecule has 0 radical (unpaired) electrons. The maximum Gasteiger partial charge on any atom is 0.307 e. The van der Waals surface area contributed by atoms with Crippen molar-refractivity contribution in [2.75, 3.05) is 11.9 Å². The number of para-hydroxylation sites is 1. The maximum atomic E-state index is 13.9. The van der Waals surface area contributed by atoms with Gasteiger partial charge in [0.2, 0.25) is 0 Å². The van der Waals surface area contributed by atoms with Crippen molar-refractivity contribution in [2.24, 2.45) is 11.5 Å². The lowest BCUT2D eigenvalue weighted by Crippen LogP contribution is -2.32. The van der Waals surface area contributed by atoms with E-state index in [4.69, 9.17) is 21.2 Å². The number of primary amides is 1. The van der Waals surface area contributed by atoms with Gasteiger partial charge >= 0.3 is 5.97 Å². The van der Waals surface area contributed by atoms with Gasteiger partial charge in [0.15, 0.2) is 0 Å². The third kappa shape index (κ3) is 5.38. The number of carbonyl (C=O) groups is 2. The molecule has 6 N–H and O–H groups in total. The molecule has 0 saturated heterocycles. The number of hydrogen-bond donors (Lipinski definition) is 4. The number of ether oxygens (including phenoxy) is 1. The Kier molecular flexibility index (Phi) is 7.42. The molecule has 4 aromatic carbocycles. The van der Waals surface area contributed by atoms with Crippen molar-refractivity contribution in [3.8, 4) is 17.1 Å². The second kappa shape index (κ2) is 11.7. The van der Waals surface area contributed by atoms with Crippen molar-refractivity contribution < 1.29 is 18.7 Å². The summed E-state index contributed by atoms with van der Waals surface area (Å²) in [5, 5.41) is 5.60. The van der Waals surface area contributed by atoms with Crippen LogP contribution in [0.1, 0.15) is 42.5 Å². The van der Waals surface area contributed by atoms with E-state index in [-0.39, 0.29) is 36.9 Å². The Labute approximate surface area is 258 Å². The fourth-order valence-electron chi connectivity index (χ4n) is 6.52. The Morgan fingerprint density at radius 3 is 2.58 bits per heavy atom. The molecule has 10 heteroatoms. The zero-order chi connectivity index (χ0) is 31.1. The molecule has 1 aliphatic rings. The maximum absolute atomic E-state index is 13.9. The Hall–Kier alpha value is -5.22. The number of amides is 1. The Morgan fingerprint density at radius 1 is 0.978 bits per heavy atom. The molecule has 0 bridgehead atoms. The van der Waals surface area contributed by atoms with Crippen LogP contribution in [0.5, 0.6) is 0 Å². The van der Waals surface area contributed by atoms with Crippen molar-refractivity contribution in [1.82, 2.24) is 14.5 Å². The molecular weight excluding hydrogens is 571 g/mol. The van der Waals surface area contributed by atoms with E-state index in [1.165, 1.54) is 12.1 Å². The summed E-state index contributed by atoms with van der Waals surface area (Å²) >= 11 is 0. The van der Waals surface area contributed by atoms with Crippen molar-refractivity contribution in [3.63, 3.8) is 0 Å². The fourth-order valence-corrected chi connectivity index (χ4v) is 6.52. The molecule has 1 saturated carbocycles. The number of nitrogens with two attached hydrogens (primary N) is 2. The zero-order valence-corrected chi connectivity index (χ0v) is 24.6. The van der Waals surface area contributed by atoms with Gasteiger partial charge in [0.1, 0.15) is 17.7 Å². The highest BCUT2D eigenvalue weighted by molar-refractivity contribution is 6.15. The number of aromatic nitrogens is 3. The van der Waals surface area contributed by atoms with Crippen LogP contribution in [0.25, 0.3) is 49.9 Å². The lowest BCUT2D eigenvalue weighted by atomic mass is 9.92. The minimum absolute atomic E-state index is 0.0884. The van der Waals surface area contributed by atoms with Crippen molar-refractivity contribution in [1.29, 1.82) is 0 Å². The molecule has 228 valence electrons. The van der Waals surface area contributed by atoms with Crippen LogP contribution in [0.2, 0.25) is 0 Å². The van der Waals surface area contributed by atoms with Crippen LogP contribution in [-0.4, -0.2) is 45.1 Å². The molecule has 45 heavy (non-hydrogen) atoms. The van der Waals surface area contributed by atoms with Crippen LogP contribution < -0.4 is 16.8 Å². The summed E-state index contributed by atoms with van der Waals surface area (Å²) in [6.45, 7) is 0.274. The molecule has 9 nitrogen and oxygen atoms in total. The molecule has 1 amide bonds. The summed E-state index contributed by atoms with van der Waals surface area (Å²) in [6.07, 6.45) is 3.11. The second-order valence-corrected chi connectivity index (χ2v) is 11.5. The number of benzene rings is 4. The summed E-state index contributed by atoms with van der Waals surface area (Å²) in [4.78, 5) is 32.5. The zero-order valence-electron chi connectivity index (χ0n) is 24.6. The normalized spacial score (nSPS) is 16.8. The number of hydrogen-bond acceptors (Lipinski definition) is 6. The predicted molar refractivity (Wildman–Crippen MR) is 174 cm³/mol. The number of H-pyrrole nitrogens is 1. The fraction of sp³-hybridized carbons (Fsp3) is 0.229. The first-order valence-electron chi connectivity index (χ1n) is 15.2. The Bertz CT molecular complexity index is 2080. The van der Waals surface area contributed by atoms with Gasteiger partial charge in [-0.25, -0.2) is 9.37 Å². The molecule has 0 aliphatic heterocycles. The summed E-state index contributed by atoms with van der Waals surface area (Å²) in [5.41, 5.74) is 17.4. The third-order valence-electron chi connectivity index (χ3n) is 8.60. The van der Waals surface area contributed by atoms with Gasteiger partial charge in [0.25, 0.3) is 5.91 Å². The average molecular weight is 605 g/mol. The monoisotopic (exact) mass is 604 g/mol. The molecule has 0 atom stereocenters. The third-order valence-corrected chi connectivity index (χ3v) is 8.60. The van der Waals surface area contributed by atoms with E-state index in [1.807, 2.05) is 36.4 Å². The molecule has 0 unspecified atom stereocenters. The summed E-state index contributed by atoms with van der Waals surface area (Å²) in [5.74, 6) is -0.448. The molecule has 2 heterocycles. The molecule has 0 spiro atoms. The number of anilines is 1. The van der Waals surface area contributed by atoms with Crippen molar-refractivity contribution in [2.45, 2.75) is 44.2 Å².